The van der Waals surface area contributed by atoms with Crippen LogP contribution in [-0.2, 0) is 6.42 Å². The van der Waals surface area contributed by atoms with Gasteiger partial charge in [0.15, 0.2) is 0 Å². The molecule has 3 heteroatoms. The van der Waals surface area contributed by atoms with E-state index in [1.54, 1.807) is 0 Å². The topological polar surface area (TPSA) is 24.5 Å². The van der Waals surface area contributed by atoms with Gasteiger partial charge in [-0.25, -0.2) is 0 Å². The average Bonchev–Trinajstić information content (AvgIpc) is 3.16. The van der Waals surface area contributed by atoms with E-state index in [4.69, 9.17) is 4.74 Å². The van der Waals surface area contributed by atoms with Crippen LogP contribution in [0.1, 0.15) is 43.9 Å². The Morgan fingerprint density at radius 1 is 1.38 bits per heavy atom. The molecule has 0 amide bonds. The molecule has 1 aromatic rings. The number of nitrogens with zero attached hydrogens (tertiary/aromatic N) is 1. The summed E-state index contributed by atoms with van der Waals surface area (Å²) in [6.45, 7) is 10.2. The van der Waals surface area contributed by atoms with Crippen molar-refractivity contribution >= 4 is 0 Å². The highest BCUT2D eigenvalue weighted by Gasteiger charge is 2.22. The Morgan fingerprint density at radius 3 is 3.05 bits per heavy atom. The fraction of sp³-hybridized carbons (Fsp3) is 0.667. The highest BCUT2D eigenvalue weighted by molar-refractivity contribution is 5.40. The summed E-state index contributed by atoms with van der Waals surface area (Å²) >= 11 is 0. The van der Waals surface area contributed by atoms with Crippen molar-refractivity contribution in [3.05, 3.63) is 29.3 Å². The number of fused-ring (bicyclic) bond motifs is 1. The molecule has 1 fully saturated rings. The molecule has 2 atom stereocenters. The van der Waals surface area contributed by atoms with Crippen LogP contribution >= 0.6 is 0 Å². The second-order valence-electron chi connectivity index (χ2n) is 6.38. The van der Waals surface area contributed by atoms with Crippen molar-refractivity contribution in [2.75, 3.05) is 32.8 Å². The molecule has 1 aromatic carbocycles. The standard InChI is InChI=1S/C18H28N2O/c1-3-17(19-12-14-7-9-20(4-2)13-14)15-5-6-18-16(11-15)8-10-21-18/h5-6,11,14,17,19H,3-4,7-10,12-13H2,1-2H3. The lowest BCUT2D eigenvalue weighted by Crippen LogP contribution is -2.29. The van der Waals surface area contributed by atoms with Crippen LogP contribution in [0.2, 0.25) is 0 Å². The Bertz CT molecular complexity index is 474. The van der Waals surface area contributed by atoms with Crippen LogP contribution in [0, 0.1) is 5.92 Å². The maximum atomic E-state index is 5.61. The monoisotopic (exact) mass is 288 g/mol. The summed E-state index contributed by atoms with van der Waals surface area (Å²) in [6.07, 6.45) is 3.55. The van der Waals surface area contributed by atoms with Crippen molar-refractivity contribution in [3.63, 3.8) is 0 Å². The number of hydrogen-bond acceptors (Lipinski definition) is 3. The van der Waals surface area contributed by atoms with E-state index in [2.05, 4.69) is 42.3 Å². The molecule has 1 saturated heterocycles. The van der Waals surface area contributed by atoms with E-state index in [-0.39, 0.29) is 0 Å². The third kappa shape index (κ3) is 3.41. The Kier molecular flexibility index (Phi) is 4.81. The summed E-state index contributed by atoms with van der Waals surface area (Å²) in [5.41, 5.74) is 2.80. The summed E-state index contributed by atoms with van der Waals surface area (Å²) in [6, 6.07) is 7.21. The zero-order chi connectivity index (χ0) is 14.7. The van der Waals surface area contributed by atoms with Crippen molar-refractivity contribution in [2.45, 2.75) is 39.2 Å². The van der Waals surface area contributed by atoms with Gasteiger partial charge < -0.3 is 15.0 Å². The van der Waals surface area contributed by atoms with Crippen LogP contribution in [0.15, 0.2) is 18.2 Å². The van der Waals surface area contributed by atoms with E-state index >= 15 is 0 Å². The smallest absolute Gasteiger partial charge is 0.122 e. The van der Waals surface area contributed by atoms with Gasteiger partial charge in [-0.3, -0.25) is 0 Å². The van der Waals surface area contributed by atoms with Gasteiger partial charge in [-0.2, -0.15) is 0 Å². The largest absolute Gasteiger partial charge is 0.493 e. The normalized spacial score (nSPS) is 23.0. The van der Waals surface area contributed by atoms with Gasteiger partial charge in [0.1, 0.15) is 5.75 Å². The van der Waals surface area contributed by atoms with E-state index in [9.17, 15) is 0 Å². The minimum Gasteiger partial charge on any atom is -0.493 e. The van der Waals surface area contributed by atoms with Crippen LogP contribution in [0.5, 0.6) is 5.75 Å². The van der Waals surface area contributed by atoms with Gasteiger partial charge in [-0.05, 0) is 55.6 Å². The molecule has 3 nitrogen and oxygen atoms in total. The van der Waals surface area contributed by atoms with Crippen LogP contribution in [0.25, 0.3) is 0 Å². The maximum Gasteiger partial charge on any atom is 0.122 e. The van der Waals surface area contributed by atoms with Gasteiger partial charge in [0.25, 0.3) is 0 Å². The highest BCUT2D eigenvalue weighted by atomic mass is 16.5. The van der Waals surface area contributed by atoms with Crippen LogP contribution in [0.3, 0.4) is 0 Å². The lowest BCUT2D eigenvalue weighted by molar-refractivity contribution is 0.334. The number of likely N-dealkylation sites (tertiary alicyclic amines) is 1. The molecule has 116 valence electrons. The SMILES string of the molecule is CCC(NCC1CCN(CC)C1)c1ccc2c(c1)CCO2. The van der Waals surface area contributed by atoms with E-state index in [0.717, 1.165) is 37.7 Å². The molecular formula is C18H28N2O. The van der Waals surface area contributed by atoms with Crippen molar-refractivity contribution in [1.29, 1.82) is 0 Å². The van der Waals surface area contributed by atoms with Gasteiger partial charge in [0.05, 0.1) is 6.61 Å². The minimum atomic E-state index is 0.478. The predicted octanol–water partition coefficient (Wildman–Crippen LogP) is 3.00. The molecule has 3 rings (SSSR count). The number of hydrogen-bond donors (Lipinski definition) is 1. The van der Waals surface area contributed by atoms with Crippen LogP contribution in [0.4, 0.5) is 0 Å². The van der Waals surface area contributed by atoms with Gasteiger partial charge in [0.2, 0.25) is 0 Å². The van der Waals surface area contributed by atoms with Gasteiger partial charge in [0, 0.05) is 19.0 Å². The summed E-state index contributed by atoms with van der Waals surface area (Å²) in [5, 5.41) is 3.80. The van der Waals surface area contributed by atoms with Gasteiger partial charge in [-0.1, -0.05) is 26.0 Å². The Morgan fingerprint density at radius 2 is 2.29 bits per heavy atom. The summed E-state index contributed by atoms with van der Waals surface area (Å²) in [7, 11) is 0. The molecule has 0 aliphatic carbocycles. The molecule has 0 saturated carbocycles. The molecule has 0 bridgehead atoms. The Balaban J connectivity index is 1.58. The molecule has 1 N–H and O–H groups in total. The number of benzene rings is 1. The molecule has 21 heavy (non-hydrogen) atoms. The first-order chi connectivity index (χ1) is 10.3. The lowest BCUT2D eigenvalue weighted by atomic mass is 9.99. The van der Waals surface area contributed by atoms with E-state index < -0.39 is 0 Å². The van der Waals surface area contributed by atoms with Gasteiger partial charge in [-0.15, -0.1) is 0 Å². The van der Waals surface area contributed by atoms with Crippen molar-refractivity contribution in [1.82, 2.24) is 10.2 Å². The number of ether oxygens (including phenoxy) is 1. The number of nitrogens with one attached hydrogen (secondary N) is 1. The zero-order valence-corrected chi connectivity index (χ0v) is 13.4. The predicted molar refractivity (Wildman–Crippen MR) is 86.9 cm³/mol. The van der Waals surface area contributed by atoms with Crippen molar-refractivity contribution in [3.8, 4) is 5.75 Å². The molecular weight excluding hydrogens is 260 g/mol. The molecule has 2 heterocycles. The fourth-order valence-corrected chi connectivity index (χ4v) is 3.60. The van der Waals surface area contributed by atoms with Crippen molar-refractivity contribution < 1.29 is 4.74 Å². The number of rotatable bonds is 6. The third-order valence-electron chi connectivity index (χ3n) is 4.99. The fourth-order valence-electron chi connectivity index (χ4n) is 3.60. The summed E-state index contributed by atoms with van der Waals surface area (Å²) in [5.74, 6) is 1.90. The van der Waals surface area contributed by atoms with Crippen LogP contribution in [-0.4, -0.2) is 37.7 Å². The Hall–Kier alpha value is -1.06. The van der Waals surface area contributed by atoms with E-state index in [1.807, 2.05) is 0 Å². The summed E-state index contributed by atoms with van der Waals surface area (Å²) in [4.78, 5) is 2.56. The first-order valence-corrected chi connectivity index (χ1v) is 8.51. The highest BCUT2D eigenvalue weighted by Crippen LogP contribution is 2.29. The second kappa shape index (κ2) is 6.80. The lowest BCUT2D eigenvalue weighted by Gasteiger charge is -2.21. The molecule has 2 aliphatic rings. The van der Waals surface area contributed by atoms with Gasteiger partial charge >= 0.3 is 0 Å². The van der Waals surface area contributed by atoms with Crippen LogP contribution < -0.4 is 10.1 Å². The molecule has 0 aromatic heterocycles. The molecule has 0 radical (unpaired) electrons. The van der Waals surface area contributed by atoms with E-state index in [0.29, 0.717) is 6.04 Å². The first-order valence-electron chi connectivity index (χ1n) is 8.51. The summed E-state index contributed by atoms with van der Waals surface area (Å²) < 4.78 is 5.61. The zero-order valence-electron chi connectivity index (χ0n) is 13.4. The maximum absolute atomic E-state index is 5.61. The molecule has 2 aliphatic heterocycles. The minimum absolute atomic E-state index is 0.478. The quantitative estimate of drug-likeness (QED) is 0.871. The average molecular weight is 288 g/mol. The molecule has 0 spiro atoms. The first kappa shape index (κ1) is 14.9. The second-order valence-corrected chi connectivity index (χ2v) is 6.38. The van der Waals surface area contributed by atoms with Crippen molar-refractivity contribution in [2.24, 2.45) is 5.92 Å². The molecule has 2 unspecified atom stereocenters. The third-order valence-corrected chi connectivity index (χ3v) is 4.99. The van der Waals surface area contributed by atoms with E-state index in [1.165, 1.54) is 37.2 Å². The Labute approximate surface area is 128 Å².